The number of sulfonamides is 1. The van der Waals surface area contributed by atoms with Crippen LogP contribution >= 0.6 is 12.4 Å². The molecule has 0 saturated carbocycles. The molecular weight excluding hydrogens is 326 g/mol. The Labute approximate surface area is 137 Å². The van der Waals surface area contributed by atoms with Gasteiger partial charge in [0.25, 0.3) is 5.91 Å². The van der Waals surface area contributed by atoms with Crippen LogP contribution in [0.1, 0.15) is 30.1 Å². The summed E-state index contributed by atoms with van der Waals surface area (Å²) >= 11 is 0. The zero-order valence-corrected chi connectivity index (χ0v) is 14.1. The minimum atomic E-state index is -3.35. The summed E-state index contributed by atoms with van der Waals surface area (Å²) in [4.78, 5) is 14.0. The van der Waals surface area contributed by atoms with Gasteiger partial charge in [-0.2, -0.15) is 0 Å². The topological polar surface area (TPSA) is 92.5 Å². The van der Waals surface area contributed by atoms with Crippen molar-refractivity contribution in [3.05, 3.63) is 29.8 Å². The van der Waals surface area contributed by atoms with Crippen LogP contribution in [0.3, 0.4) is 0 Å². The average Bonchev–Trinajstić information content (AvgIpc) is 2.84. The van der Waals surface area contributed by atoms with E-state index in [4.69, 9.17) is 5.73 Å². The molecule has 0 bridgehead atoms. The molecule has 2 rings (SSSR count). The monoisotopic (exact) mass is 347 g/mol. The SMILES string of the molecule is CCCS(=O)(=O)Nc1cccc(C(=O)N2CC[C@@H](N)C2)c1.Cl. The number of nitrogens with zero attached hydrogens (tertiary/aromatic N) is 1. The van der Waals surface area contributed by atoms with E-state index in [0.29, 0.717) is 30.8 Å². The number of benzene rings is 1. The fourth-order valence-electron chi connectivity index (χ4n) is 2.37. The van der Waals surface area contributed by atoms with Gasteiger partial charge in [0, 0.05) is 30.4 Å². The van der Waals surface area contributed by atoms with Crippen molar-refractivity contribution in [2.75, 3.05) is 23.6 Å². The first-order valence-electron chi connectivity index (χ1n) is 7.06. The molecule has 1 aliphatic rings. The van der Waals surface area contributed by atoms with Crippen LogP contribution in [0.15, 0.2) is 24.3 Å². The zero-order chi connectivity index (χ0) is 15.5. The fourth-order valence-corrected chi connectivity index (χ4v) is 3.49. The van der Waals surface area contributed by atoms with Gasteiger partial charge in [-0.05, 0) is 31.0 Å². The molecule has 0 aromatic heterocycles. The molecule has 1 aliphatic heterocycles. The molecule has 3 N–H and O–H groups in total. The van der Waals surface area contributed by atoms with Gasteiger partial charge in [0.05, 0.1) is 5.75 Å². The molecule has 1 aromatic rings. The predicted octanol–water partition coefficient (Wildman–Crippen LogP) is 1.43. The summed E-state index contributed by atoms with van der Waals surface area (Å²) in [6.45, 7) is 2.99. The molecule has 0 aliphatic carbocycles. The second-order valence-corrected chi connectivity index (χ2v) is 7.14. The summed E-state index contributed by atoms with van der Waals surface area (Å²) in [5.41, 5.74) is 6.69. The molecule has 0 radical (unpaired) electrons. The molecule has 1 amide bonds. The molecule has 0 spiro atoms. The third-order valence-corrected chi connectivity index (χ3v) is 4.86. The number of hydrogen-bond donors (Lipinski definition) is 2. The number of likely N-dealkylation sites (tertiary alicyclic amines) is 1. The Bertz CT molecular complexity index is 622. The first-order valence-corrected chi connectivity index (χ1v) is 8.72. The summed E-state index contributed by atoms with van der Waals surface area (Å²) in [6, 6.07) is 6.59. The van der Waals surface area contributed by atoms with Crippen LogP contribution < -0.4 is 10.5 Å². The minimum Gasteiger partial charge on any atom is -0.337 e. The normalized spacial score (nSPS) is 17.9. The summed E-state index contributed by atoms with van der Waals surface area (Å²) in [6.07, 6.45) is 1.34. The summed E-state index contributed by atoms with van der Waals surface area (Å²) in [5, 5.41) is 0. The van der Waals surface area contributed by atoms with Crippen molar-refractivity contribution in [2.24, 2.45) is 5.73 Å². The van der Waals surface area contributed by atoms with Crippen molar-refractivity contribution in [2.45, 2.75) is 25.8 Å². The first-order chi connectivity index (χ1) is 9.91. The molecule has 1 fully saturated rings. The van der Waals surface area contributed by atoms with Gasteiger partial charge in [0.2, 0.25) is 10.0 Å². The van der Waals surface area contributed by atoms with Crippen LogP contribution in [0, 0.1) is 0 Å². The van der Waals surface area contributed by atoms with Crippen LogP contribution in [-0.4, -0.2) is 44.1 Å². The molecular formula is C14H22ClN3O3S. The third kappa shape index (κ3) is 4.86. The largest absolute Gasteiger partial charge is 0.337 e. The lowest BCUT2D eigenvalue weighted by Crippen LogP contribution is -2.31. The van der Waals surface area contributed by atoms with Crippen molar-refractivity contribution in [3.8, 4) is 0 Å². The lowest BCUT2D eigenvalue weighted by Gasteiger charge is -2.16. The van der Waals surface area contributed by atoms with E-state index in [-0.39, 0.29) is 30.1 Å². The molecule has 22 heavy (non-hydrogen) atoms. The van der Waals surface area contributed by atoms with E-state index in [1.807, 2.05) is 0 Å². The van der Waals surface area contributed by atoms with E-state index < -0.39 is 10.0 Å². The first kappa shape index (κ1) is 18.7. The Hall–Kier alpha value is -1.31. The van der Waals surface area contributed by atoms with E-state index in [0.717, 1.165) is 6.42 Å². The highest BCUT2D eigenvalue weighted by Gasteiger charge is 2.24. The smallest absolute Gasteiger partial charge is 0.253 e. The van der Waals surface area contributed by atoms with E-state index in [1.54, 1.807) is 36.1 Å². The van der Waals surface area contributed by atoms with E-state index >= 15 is 0 Å². The molecule has 1 saturated heterocycles. The van der Waals surface area contributed by atoms with Gasteiger partial charge in [-0.1, -0.05) is 13.0 Å². The van der Waals surface area contributed by atoms with Gasteiger partial charge < -0.3 is 10.6 Å². The van der Waals surface area contributed by atoms with E-state index in [9.17, 15) is 13.2 Å². The minimum absolute atomic E-state index is 0. The number of amides is 1. The average molecular weight is 348 g/mol. The van der Waals surface area contributed by atoms with Crippen LogP contribution in [-0.2, 0) is 10.0 Å². The number of nitrogens with one attached hydrogen (secondary N) is 1. The van der Waals surface area contributed by atoms with E-state index in [1.165, 1.54) is 0 Å². The van der Waals surface area contributed by atoms with Gasteiger partial charge in [0.1, 0.15) is 0 Å². The van der Waals surface area contributed by atoms with Crippen molar-refractivity contribution >= 4 is 34.0 Å². The summed E-state index contributed by atoms with van der Waals surface area (Å²) in [5.74, 6) is -0.0499. The molecule has 1 aromatic carbocycles. The fraction of sp³-hybridized carbons (Fsp3) is 0.500. The van der Waals surface area contributed by atoms with Gasteiger partial charge in [-0.15, -0.1) is 12.4 Å². The molecule has 1 heterocycles. The van der Waals surface area contributed by atoms with Crippen LogP contribution in [0.25, 0.3) is 0 Å². The third-order valence-electron chi connectivity index (χ3n) is 3.37. The number of hydrogen-bond acceptors (Lipinski definition) is 4. The van der Waals surface area contributed by atoms with E-state index in [2.05, 4.69) is 4.72 Å². The lowest BCUT2D eigenvalue weighted by molar-refractivity contribution is 0.0791. The standard InChI is InChI=1S/C14H21N3O3S.ClH/c1-2-8-21(19,20)16-13-5-3-4-11(9-13)14(18)17-7-6-12(15)10-17;/h3-5,9,12,16H,2,6-8,10,15H2,1H3;1H/t12-;/m1./s1. The highest BCUT2D eigenvalue weighted by Crippen LogP contribution is 2.17. The highest BCUT2D eigenvalue weighted by molar-refractivity contribution is 7.92. The predicted molar refractivity (Wildman–Crippen MR) is 89.9 cm³/mol. The number of carbonyl (C=O) groups excluding carboxylic acids is 1. The lowest BCUT2D eigenvalue weighted by atomic mass is 10.2. The second-order valence-electron chi connectivity index (χ2n) is 5.30. The van der Waals surface area contributed by atoms with Gasteiger partial charge in [-0.3, -0.25) is 9.52 Å². The Balaban J connectivity index is 0.00000242. The second kappa shape index (κ2) is 7.80. The molecule has 1 atom stereocenters. The number of halogens is 1. The molecule has 6 nitrogen and oxygen atoms in total. The maximum Gasteiger partial charge on any atom is 0.253 e. The maximum absolute atomic E-state index is 12.3. The Morgan fingerprint density at radius 2 is 2.18 bits per heavy atom. The Kier molecular flexibility index (Phi) is 6.65. The van der Waals surface area contributed by atoms with Crippen molar-refractivity contribution < 1.29 is 13.2 Å². The summed E-state index contributed by atoms with van der Waals surface area (Å²) in [7, 11) is -3.35. The van der Waals surface area contributed by atoms with Gasteiger partial charge in [-0.25, -0.2) is 8.42 Å². The molecule has 0 unspecified atom stereocenters. The van der Waals surface area contributed by atoms with Gasteiger partial charge in [0.15, 0.2) is 0 Å². The molecule has 124 valence electrons. The van der Waals surface area contributed by atoms with Crippen molar-refractivity contribution in [1.29, 1.82) is 0 Å². The van der Waals surface area contributed by atoms with Crippen LogP contribution in [0.5, 0.6) is 0 Å². The van der Waals surface area contributed by atoms with Gasteiger partial charge >= 0.3 is 0 Å². The van der Waals surface area contributed by atoms with Crippen LogP contribution in [0.4, 0.5) is 5.69 Å². The quantitative estimate of drug-likeness (QED) is 0.842. The van der Waals surface area contributed by atoms with Crippen molar-refractivity contribution in [3.63, 3.8) is 0 Å². The number of anilines is 1. The van der Waals surface area contributed by atoms with Crippen LogP contribution in [0.2, 0.25) is 0 Å². The molecule has 8 heteroatoms. The number of rotatable bonds is 5. The zero-order valence-electron chi connectivity index (χ0n) is 12.5. The maximum atomic E-state index is 12.3. The Morgan fingerprint density at radius 1 is 1.45 bits per heavy atom. The number of carbonyl (C=O) groups is 1. The number of nitrogens with two attached hydrogens (primary N) is 1. The van der Waals surface area contributed by atoms with Crippen molar-refractivity contribution in [1.82, 2.24) is 4.90 Å². The summed E-state index contributed by atoms with van der Waals surface area (Å²) < 4.78 is 26.0. The Morgan fingerprint density at radius 3 is 2.77 bits per heavy atom. The highest BCUT2D eigenvalue weighted by atomic mass is 35.5.